The molecule has 0 saturated carbocycles. The van der Waals surface area contributed by atoms with Crippen LogP contribution < -0.4 is 0 Å². The van der Waals surface area contributed by atoms with Crippen LogP contribution in [0.2, 0.25) is 0 Å². The Balaban J connectivity index is 2.29. The third-order valence-electron chi connectivity index (χ3n) is 2.74. The van der Waals surface area contributed by atoms with E-state index in [0.29, 0.717) is 5.84 Å². The second kappa shape index (κ2) is 4.44. The van der Waals surface area contributed by atoms with E-state index in [1.54, 1.807) is 18.2 Å². The number of hydrogen-bond acceptors (Lipinski definition) is 4. The molecular formula is C11H10N2O5. The smallest absolute Gasteiger partial charge is 0.309 e. The maximum absolute atomic E-state index is 11.7. The Labute approximate surface area is 102 Å². The topological polar surface area (TPSA) is 107 Å². The molecule has 2 unspecified atom stereocenters. The van der Waals surface area contributed by atoms with Gasteiger partial charge in [-0.05, 0) is 12.2 Å². The first-order valence-electron chi connectivity index (χ1n) is 5.21. The van der Waals surface area contributed by atoms with Crippen molar-refractivity contribution in [1.82, 2.24) is 4.90 Å². The number of carboxylic acids is 2. The average Bonchev–Trinajstić information content (AvgIpc) is 2.61. The summed E-state index contributed by atoms with van der Waals surface area (Å²) in [6.07, 6.45) is 5.76. The molecule has 0 saturated heterocycles. The number of carbonyl (C=O) groups is 3. The minimum atomic E-state index is -1.33. The lowest BCUT2D eigenvalue weighted by Gasteiger charge is -2.26. The lowest BCUT2D eigenvalue weighted by Crippen LogP contribution is -2.44. The number of aliphatic imine (C=N–C) groups is 1. The lowest BCUT2D eigenvalue weighted by atomic mass is 9.95. The van der Waals surface area contributed by atoms with Crippen molar-refractivity contribution < 1.29 is 24.6 Å². The largest absolute Gasteiger partial charge is 0.481 e. The van der Waals surface area contributed by atoms with Gasteiger partial charge in [-0.25, -0.2) is 0 Å². The number of fused-ring (bicyclic) bond motifs is 1. The molecule has 0 aromatic rings. The van der Waals surface area contributed by atoms with Crippen molar-refractivity contribution in [3.05, 3.63) is 24.4 Å². The van der Waals surface area contributed by atoms with E-state index >= 15 is 0 Å². The highest BCUT2D eigenvalue weighted by atomic mass is 16.4. The molecule has 7 nitrogen and oxygen atoms in total. The lowest BCUT2D eigenvalue weighted by molar-refractivity contribution is -0.151. The first-order valence-corrected chi connectivity index (χ1v) is 5.21. The number of rotatable bonds is 4. The summed E-state index contributed by atoms with van der Waals surface area (Å²) in [5, 5.41) is 17.8. The van der Waals surface area contributed by atoms with Crippen LogP contribution in [0.1, 0.15) is 6.42 Å². The molecule has 0 aromatic heterocycles. The van der Waals surface area contributed by atoms with E-state index in [1.807, 2.05) is 0 Å². The third-order valence-corrected chi connectivity index (χ3v) is 2.74. The Hall–Kier alpha value is -2.44. The van der Waals surface area contributed by atoms with E-state index in [-0.39, 0.29) is 0 Å². The van der Waals surface area contributed by atoms with Gasteiger partial charge >= 0.3 is 11.9 Å². The van der Waals surface area contributed by atoms with Gasteiger partial charge in [0.15, 0.2) is 0 Å². The number of aliphatic carboxylic acids is 2. The fraction of sp³-hybridized carbons (Fsp3) is 0.273. The van der Waals surface area contributed by atoms with E-state index in [2.05, 4.69) is 4.99 Å². The molecule has 0 bridgehead atoms. The Kier molecular flexibility index (Phi) is 2.97. The average molecular weight is 250 g/mol. The van der Waals surface area contributed by atoms with Crippen LogP contribution in [0.15, 0.2) is 29.4 Å². The second-order valence-electron chi connectivity index (χ2n) is 3.90. The minimum Gasteiger partial charge on any atom is -0.481 e. The predicted molar refractivity (Wildman–Crippen MR) is 59.7 cm³/mol. The van der Waals surface area contributed by atoms with Crippen molar-refractivity contribution in [2.75, 3.05) is 0 Å². The van der Waals surface area contributed by atoms with E-state index in [0.717, 1.165) is 0 Å². The summed E-state index contributed by atoms with van der Waals surface area (Å²) >= 11 is 0. The first kappa shape index (κ1) is 12.0. The van der Waals surface area contributed by atoms with Gasteiger partial charge in [-0.15, -0.1) is 0 Å². The van der Waals surface area contributed by atoms with Gasteiger partial charge in [0.05, 0.1) is 12.3 Å². The Morgan fingerprint density at radius 1 is 1.39 bits per heavy atom. The quantitative estimate of drug-likeness (QED) is 0.718. The fourth-order valence-electron chi connectivity index (χ4n) is 1.96. The SMILES string of the molecule is O=C(O)CC(C(=O)O)C1C(=O)N=C2C=CC=CN21. The summed E-state index contributed by atoms with van der Waals surface area (Å²) in [5.41, 5.74) is 0. The Morgan fingerprint density at radius 2 is 2.11 bits per heavy atom. The Morgan fingerprint density at radius 3 is 2.72 bits per heavy atom. The van der Waals surface area contributed by atoms with Crippen LogP contribution in [-0.2, 0) is 14.4 Å². The molecule has 2 N–H and O–H groups in total. The van der Waals surface area contributed by atoms with Crippen molar-refractivity contribution >= 4 is 23.7 Å². The second-order valence-corrected chi connectivity index (χ2v) is 3.90. The summed E-state index contributed by atoms with van der Waals surface area (Å²) in [6, 6.07) is -1.09. The van der Waals surface area contributed by atoms with E-state index in [1.165, 1.54) is 11.1 Å². The zero-order chi connectivity index (χ0) is 13.3. The first-order chi connectivity index (χ1) is 8.50. The molecule has 0 aliphatic carbocycles. The van der Waals surface area contributed by atoms with Gasteiger partial charge < -0.3 is 15.1 Å². The van der Waals surface area contributed by atoms with Gasteiger partial charge in [0, 0.05) is 6.20 Å². The van der Waals surface area contributed by atoms with E-state index in [4.69, 9.17) is 10.2 Å². The van der Waals surface area contributed by atoms with Crippen LogP contribution in [0.5, 0.6) is 0 Å². The molecular weight excluding hydrogens is 240 g/mol. The molecule has 94 valence electrons. The standard InChI is InChI=1S/C11H10N2O5/c14-8(15)5-6(11(17)18)9-10(16)12-7-3-1-2-4-13(7)9/h1-4,6,9H,5H2,(H,14,15)(H,17,18). The number of allylic oxidation sites excluding steroid dienone is 2. The molecule has 2 rings (SSSR count). The number of nitrogens with zero attached hydrogens (tertiary/aromatic N) is 2. The zero-order valence-electron chi connectivity index (χ0n) is 9.18. The van der Waals surface area contributed by atoms with Crippen molar-refractivity contribution in [3.63, 3.8) is 0 Å². The normalized spacial score (nSPS) is 22.7. The van der Waals surface area contributed by atoms with Gasteiger partial charge in [0.1, 0.15) is 11.9 Å². The van der Waals surface area contributed by atoms with Gasteiger partial charge in [0.25, 0.3) is 5.91 Å². The molecule has 0 fully saturated rings. The summed E-state index contributed by atoms with van der Waals surface area (Å²) in [6.45, 7) is 0. The van der Waals surface area contributed by atoms with Gasteiger partial charge in [-0.3, -0.25) is 14.4 Å². The van der Waals surface area contributed by atoms with Crippen LogP contribution in [-0.4, -0.2) is 44.8 Å². The zero-order valence-corrected chi connectivity index (χ0v) is 9.18. The highest BCUT2D eigenvalue weighted by Gasteiger charge is 2.43. The van der Waals surface area contributed by atoms with Crippen molar-refractivity contribution in [3.8, 4) is 0 Å². The maximum atomic E-state index is 11.7. The summed E-state index contributed by atoms with van der Waals surface area (Å²) in [5.74, 6) is -4.21. The predicted octanol–water partition coefficient (Wildman–Crippen LogP) is -0.145. The molecule has 2 heterocycles. The van der Waals surface area contributed by atoms with Crippen molar-refractivity contribution in [2.45, 2.75) is 12.5 Å². The molecule has 2 aliphatic rings. The summed E-state index contributed by atoms with van der Waals surface area (Å²) in [4.78, 5) is 38.6. The minimum absolute atomic E-state index is 0.337. The van der Waals surface area contributed by atoms with Crippen LogP contribution >= 0.6 is 0 Å². The molecule has 2 atom stereocenters. The fourth-order valence-corrected chi connectivity index (χ4v) is 1.96. The van der Waals surface area contributed by atoms with Gasteiger partial charge in [-0.1, -0.05) is 6.08 Å². The van der Waals surface area contributed by atoms with E-state index < -0.39 is 36.2 Å². The van der Waals surface area contributed by atoms with Crippen LogP contribution in [0, 0.1) is 5.92 Å². The van der Waals surface area contributed by atoms with Crippen molar-refractivity contribution in [2.24, 2.45) is 10.9 Å². The molecule has 2 aliphatic heterocycles. The third kappa shape index (κ3) is 2.02. The summed E-state index contributed by atoms with van der Waals surface area (Å²) in [7, 11) is 0. The number of amides is 1. The molecule has 0 radical (unpaired) electrons. The van der Waals surface area contributed by atoms with E-state index in [9.17, 15) is 14.4 Å². The number of hydrogen-bond donors (Lipinski definition) is 2. The molecule has 1 amide bonds. The Bertz CT molecular complexity index is 506. The number of amidine groups is 1. The van der Waals surface area contributed by atoms with Gasteiger partial charge in [0.2, 0.25) is 0 Å². The molecule has 0 spiro atoms. The summed E-state index contributed by atoms with van der Waals surface area (Å²) < 4.78 is 0. The van der Waals surface area contributed by atoms with Crippen LogP contribution in [0.25, 0.3) is 0 Å². The van der Waals surface area contributed by atoms with Crippen molar-refractivity contribution in [1.29, 1.82) is 0 Å². The van der Waals surface area contributed by atoms with Gasteiger partial charge in [-0.2, -0.15) is 4.99 Å². The highest BCUT2D eigenvalue weighted by molar-refractivity contribution is 6.11. The molecule has 0 aromatic carbocycles. The van der Waals surface area contributed by atoms with Crippen LogP contribution in [0.3, 0.4) is 0 Å². The maximum Gasteiger partial charge on any atom is 0.309 e. The molecule has 7 heteroatoms. The number of carbonyl (C=O) groups excluding carboxylic acids is 1. The number of carboxylic acid groups (broad SMARTS) is 2. The van der Waals surface area contributed by atoms with Crippen LogP contribution in [0.4, 0.5) is 0 Å². The monoisotopic (exact) mass is 250 g/mol. The molecule has 18 heavy (non-hydrogen) atoms. The highest BCUT2D eigenvalue weighted by Crippen LogP contribution is 2.25.